The van der Waals surface area contributed by atoms with Crippen LogP contribution in [0.15, 0.2) is 60.7 Å². The van der Waals surface area contributed by atoms with Crippen molar-refractivity contribution in [2.24, 2.45) is 5.92 Å². The average molecular weight is 410 g/mol. The number of hydrogen-bond donors (Lipinski definition) is 2. The molecule has 1 fully saturated rings. The van der Waals surface area contributed by atoms with Gasteiger partial charge in [0.25, 0.3) is 0 Å². The highest BCUT2D eigenvalue weighted by Crippen LogP contribution is 2.29. The number of aliphatic carboxylic acids is 1. The fourth-order valence-electron chi connectivity index (χ4n) is 4.00. The summed E-state index contributed by atoms with van der Waals surface area (Å²) < 4.78 is 0. The third-order valence-corrected chi connectivity index (χ3v) is 5.50. The highest BCUT2D eigenvalue weighted by Gasteiger charge is 2.30. The molecule has 2 aromatic carbocycles. The van der Waals surface area contributed by atoms with E-state index in [1.54, 1.807) is 4.90 Å². The quantitative estimate of drug-likeness (QED) is 0.733. The van der Waals surface area contributed by atoms with Crippen LogP contribution in [0.4, 0.5) is 4.79 Å². The molecule has 0 unspecified atom stereocenters. The summed E-state index contributed by atoms with van der Waals surface area (Å²) in [5.74, 6) is -0.787. The molecule has 1 aliphatic rings. The Hall–Kier alpha value is -2.86. The van der Waals surface area contributed by atoms with Gasteiger partial charge in [-0.3, -0.25) is 4.90 Å². The number of carbonyl (C=O) groups is 2. The second-order valence-electron chi connectivity index (χ2n) is 8.22. The second kappa shape index (κ2) is 10.3. The van der Waals surface area contributed by atoms with E-state index in [-0.39, 0.29) is 18.0 Å². The van der Waals surface area contributed by atoms with Crippen molar-refractivity contribution >= 4 is 12.0 Å². The Morgan fingerprint density at radius 2 is 1.40 bits per heavy atom. The first-order valence-corrected chi connectivity index (χ1v) is 10.6. The zero-order valence-electron chi connectivity index (χ0n) is 17.7. The number of carbonyl (C=O) groups excluding carboxylic acids is 1. The van der Waals surface area contributed by atoms with Gasteiger partial charge in [-0.2, -0.15) is 0 Å². The number of carboxylic acid groups (broad SMARTS) is 1. The third kappa shape index (κ3) is 5.60. The second-order valence-corrected chi connectivity index (χ2v) is 8.22. The van der Waals surface area contributed by atoms with Crippen LogP contribution in [0.1, 0.15) is 37.4 Å². The van der Waals surface area contributed by atoms with Gasteiger partial charge in [0.15, 0.2) is 0 Å². The molecule has 1 heterocycles. The van der Waals surface area contributed by atoms with Gasteiger partial charge in [-0.05, 0) is 23.5 Å². The molecule has 6 nitrogen and oxygen atoms in total. The van der Waals surface area contributed by atoms with Gasteiger partial charge in [-0.1, -0.05) is 74.5 Å². The van der Waals surface area contributed by atoms with Gasteiger partial charge in [0.05, 0.1) is 6.04 Å². The maximum Gasteiger partial charge on any atom is 0.326 e. The summed E-state index contributed by atoms with van der Waals surface area (Å²) in [4.78, 5) is 28.2. The number of nitrogens with one attached hydrogen (secondary N) is 1. The smallest absolute Gasteiger partial charge is 0.326 e. The van der Waals surface area contributed by atoms with Gasteiger partial charge in [-0.15, -0.1) is 0 Å². The van der Waals surface area contributed by atoms with E-state index in [4.69, 9.17) is 0 Å². The average Bonchev–Trinajstić information content (AvgIpc) is 2.75. The van der Waals surface area contributed by atoms with Crippen molar-refractivity contribution < 1.29 is 14.7 Å². The largest absolute Gasteiger partial charge is 0.480 e. The summed E-state index contributed by atoms with van der Waals surface area (Å²) in [5, 5.41) is 12.1. The molecule has 0 aliphatic carbocycles. The van der Waals surface area contributed by atoms with Crippen LogP contribution < -0.4 is 5.32 Å². The highest BCUT2D eigenvalue weighted by molar-refractivity contribution is 5.82. The van der Waals surface area contributed by atoms with Gasteiger partial charge in [0, 0.05) is 26.2 Å². The molecule has 0 spiro atoms. The predicted molar refractivity (Wildman–Crippen MR) is 117 cm³/mol. The summed E-state index contributed by atoms with van der Waals surface area (Å²) in [7, 11) is 0. The molecular formula is C24H31N3O3. The maximum absolute atomic E-state index is 12.6. The molecule has 1 aliphatic heterocycles. The Balaban J connectivity index is 1.67. The summed E-state index contributed by atoms with van der Waals surface area (Å²) >= 11 is 0. The van der Waals surface area contributed by atoms with E-state index in [1.807, 2.05) is 26.0 Å². The Morgan fingerprint density at radius 1 is 0.900 bits per heavy atom. The minimum absolute atomic E-state index is 0.130. The van der Waals surface area contributed by atoms with Gasteiger partial charge < -0.3 is 15.3 Å². The SMILES string of the molecule is CC(C)C[C@@H](NC(=O)N1CCN(C(c2ccccc2)c2ccccc2)CC1)C(=O)O. The van der Waals surface area contributed by atoms with Crippen LogP contribution >= 0.6 is 0 Å². The summed E-state index contributed by atoms with van der Waals surface area (Å²) in [6, 6.07) is 19.8. The first-order chi connectivity index (χ1) is 14.5. The predicted octanol–water partition coefficient (Wildman–Crippen LogP) is 3.60. The van der Waals surface area contributed by atoms with E-state index in [1.165, 1.54) is 11.1 Å². The molecule has 2 N–H and O–H groups in total. The molecule has 160 valence electrons. The minimum Gasteiger partial charge on any atom is -0.480 e. The lowest BCUT2D eigenvalue weighted by molar-refractivity contribution is -0.139. The van der Waals surface area contributed by atoms with Gasteiger partial charge in [0.2, 0.25) is 0 Å². The van der Waals surface area contributed by atoms with E-state index >= 15 is 0 Å². The summed E-state index contributed by atoms with van der Waals surface area (Å²) in [6.07, 6.45) is 0.422. The molecular weight excluding hydrogens is 378 g/mol. The number of carboxylic acids is 1. The van der Waals surface area contributed by atoms with E-state index < -0.39 is 12.0 Å². The van der Waals surface area contributed by atoms with E-state index in [2.05, 4.69) is 58.7 Å². The topological polar surface area (TPSA) is 72.9 Å². The van der Waals surface area contributed by atoms with Crippen molar-refractivity contribution in [1.29, 1.82) is 0 Å². The molecule has 30 heavy (non-hydrogen) atoms. The highest BCUT2D eigenvalue weighted by atomic mass is 16.4. The number of piperazine rings is 1. The lowest BCUT2D eigenvalue weighted by atomic mass is 9.96. The zero-order chi connectivity index (χ0) is 21.5. The van der Waals surface area contributed by atoms with Crippen molar-refractivity contribution in [2.75, 3.05) is 26.2 Å². The van der Waals surface area contributed by atoms with Crippen molar-refractivity contribution in [3.63, 3.8) is 0 Å². The van der Waals surface area contributed by atoms with Crippen molar-refractivity contribution in [3.8, 4) is 0 Å². The van der Waals surface area contributed by atoms with Crippen molar-refractivity contribution in [1.82, 2.24) is 15.1 Å². The van der Waals surface area contributed by atoms with Crippen molar-refractivity contribution in [2.45, 2.75) is 32.4 Å². The molecule has 2 aromatic rings. The van der Waals surface area contributed by atoms with E-state index in [0.717, 1.165) is 13.1 Å². The van der Waals surface area contributed by atoms with Crippen LogP contribution in [-0.4, -0.2) is 59.1 Å². The van der Waals surface area contributed by atoms with Crippen LogP contribution in [-0.2, 0) is 4.79 Å². The zero-order valence-corrected chi connectivity index (χ0v) is 17.7. The first kappa shape index (κ1) is 21.8. The normalized spacial score (nSPS) is 15.9. The first-order valence-electron chi connectivity index (χ1n) is 10.6. The number of rotatable bonds is 7. The number of urea groups is 1. The summed E-state index contributed by atoms with van der Waals surface area (Å²) in [5.41, 5.74) is 2.45. The molecule has 0 radical (unpaired) electrons. The van der Waals surface area contributed by atoms with E-state index in [9.17, 15) is 14.7 Å². The lowest BCUT2D eigenvalue weighted by Crippen LogP contribution is -2.55. The molecule has 0 bridgehead atoms. The third-order valence-electron chi connectivity index (χ3n) is 5.50. The number of hydrogen-bond acceptors (Lipinski definition) is 3. The number of nitrogens with zero attached hydrogens (tertiary/aromatic N) is 2. The Labute approximate surface area is 178 Å². The van der Waals surface area contributed by atoms with Crippen LogP contribution in [0.5, 0.6) is 0 Å². The molecule has 0 aromatic heterocycles. The van der Waals surface area contributed by atoms with E-state index in [0.29, 0.717) is 19.5 Å². The summed E-state index contributed by atoms with van der Waals surface area (Å²) in [6.45, 7) is 6.49. The van der Waals surface area contributed by atoms with Crippen LogP contribution in [0, 0.1) is 5.92 Å². The number of amides is 2. The Bertz CT molecular complexity index is 779. The molecule has 1 saturated heterocycles. The molecule has 0 saturated carbocycles. The van der Waals surface area contributed by atoms with Crippen LogP contribution in [0.2, 0.25) is 0 Å². The fourth-order valence-corrected chi connectivity index (χ4v) is 4.00. The van der Waals surface area contributed by atoms with Crippen LogP contribution in [0.3, 0.4) is 0 Å². The van der Waals surface area contributed by atoms with Crippen molar-refractivity contribution in [3.05, 3.63) is 71.8 Å². The minimum atomic E-state index is -0.982. The Morgan fingerprint density at radius 3 is 1.83 bits per heavy atom. The molecule has 3 rings (SSSR count). The van der Waals surface area contributed by atoms with Gasteiger partial charge in [-0.25, -0.2) is 9.59 Å². The maximum atomic E-state index is 12.6. The fraction of sp³-hybridized carbons (Fsp3) is 0.417. The lowest BCUT2D eigenvalue weighted by Gasteiger charge is -2.40. The standard InChI is InChI=1S/C24H31N3O3/c1-18(2)17-21(23(28)29)25-24(30)27-15-13-26(14-16-27)22(19-9-5-3-6-10-19)20-11-7-4-8-12-20/h3-12,18,21-22H,13-17H2,1-2H3,(H,25,30)(H,28,29)/t21-/m1/s1. The monoisotopic (exact) mass is 409 g/mol. The van der Waals surface area contributed by atoms with Gasteiger partial charge in [0.1, 0.15) is 6.04 Å². The van der Waals surface area contributed by atoms with Crippen LogP contribution in [0.25, 0.3) is 0 Å². The molecule has 6 heteroatoms. The Kier molecular flexibility index (Phi) is 7.46. The molecule has 1 atom stereocenters. The number of benzene rings is 2. The molecule has 2 amide bonds. The van der Waals surface area contributed by atoms with Gasteiger partial charge >= 0.3 is 12.0 Å².